The molecule has 1 aliphatic heterocycles. The van der Waals surface area contributed by atoms with Crippen LogP contribution in [0, 0.1) is 6.92 Å². The van der Waals surface area contributed by atoms with E-state index in [0.29, 0.717) is 26.1 Å². The largest absolute Gasteiger partial charge is 0.491 e. The van der Waals surface area contributed by atoms with Crippen LogP contribution in [0.3, 0.4) is 0 Å². The zero-order valence-electron chi connectivity index (χ0n) is 17.7. The minimum atomic E-state index is -0.170. The summed E-state index contributed by atoms with van der Waals surface area (Å²) in [5.41, 5.74) is 3.03. The average Bonchev–Trinajstić information content (AvgIpc) is 3.24. The molecule has 29 heavy (non-hydrogen) atoms. The number of carbonyl (C=O) groups excluding carboxylic acids is 1. The number of hydrogen-bond acceptors (Lipinski definition) is 3. The van der Waals surface area contributed by atoms with Crippen LogP contribution >= 0.6 is 0 Å². The molecule has 152 valence electrons. The quantitative estimate of drug-likeness (QED) is 0.642. The van der Waals surface area contributed by atoms with Crippen molar-refractivity contribution in [3.05, 3.63) is 59.9 Å². The molecule has 2 aromatic carbocycles. The van der Waals surface area contributed by atoms with Crippen molar-refractivity contribution in [2.45, 2.75) is 52.1 Å². The molecule has 1 atom stereocenters. The molecule has 0 bridgehead atoms. The Labute approximate surface area is 172 Å². The zero-order chi connectivity index (χ0) is 20.6. The van der Waals surface area contributed by atoms with Gasteiger partial charge in [0.1, 0.15) is 18.2 Å². The lowest BCUT2D eigenvalue weighted by atomic mass is 10.1. The second-order valence-corrected chi connectivity index (χ2v) is 8.80. The molecule has 0 radical (unpaired) electrons. The van der Waals surface area contributed by atoms with E-state index in [1.807, 2.05) is 41.3 Å². The van der Waals surface area contributed by atoms with Gasteiger partial charge in [-0.05, 0) is 51.5 Å². The molecular weight excluding hydrogens is 362 g/mol. The number of para-hydroxylation sites is 3. The van der Waals surface area contributed by atoms with Crippen LogP contribution in [0.25, 0.3) is 11.0 Å². The van der Waals surface area contributed by atoms with Gasteiger partial charge in [0.15, 0.2) is 0 Å². The molecule has 4 rings (SSSR count). The molecule has 0 unspecified atom stereocenters. The fourth-order valence-electron chi connectivity index (χ4n) is 4.13. The van der Waals surface area contributed by atoms with Crippen molar-refractivity contribution in [3.63, 3.8) is 0 Å². The Hall–Kier alpha value is -2.82. The first-order valence-corrected chi connectivity index (χ1v) is 10.3. The zero-order valence-corrected chi connectivity index (χ0v) is 17.7. The highest BCUT2D eigenvalue weighted by atomic mass is 16.5. The Kier molecular flexibility index (Phi) is 5.07. The summed E-state index contributed by atoms with van der Waals surface area (Å²) in [5, 5.41) is 0. The van der Waals surface area contributed by atoms with E-state index in [1.54, 1.807) is 0 Å². The van der Waals surface area contributed by atoms with Crippen molar-refractivity contribution in [3.8, 4) is 5.75 Å². The lowest BCUT2D eigenvalue weighted by molar-refractivity contribution is -0.131. The van der Waals surface area contributed by atoms with Gasteiger partial charge in [0.2, 0.25) is 5.91 Å². The number of nitrogens with zero attached hydrogens (tertiary/aromatic N) is 3. The molecule has 1 amide bonds. The standard InChI is InChI=1S/C24H29N3O2/c1-17-9-5-8-12-21(17)29-14-13-26-20-11-7-6-10-19(20)25-23(26)18-15-22(28)27(16-18)24(2,3)4/h5-12,18H,13-16H2,1-4H3/t18-/m1/s1. The number of aromatic nitrogens is 2. The highest BCUT2D eigenvalue weighted by Gasteiger charge is 2.38. The van der Waals surface area contributed by atoms with Gasteiger partial charge < -0.3 is 14.2 Å². The maximum absolute atomic E-state index is 12.6. The van der Waals surface area contributed by atoms with Gasteiger partial charge in [-0.3, -0.25) is 4.79 Å². The van der Waals surface area contributed by atoms with E-state index in [2.05, 4.69) is 44.4 Å². The van der Waals surface area contributed by atoms with E-state index in [1.165, 1.54) is 0 Å². The third kappa shape index (κ3) is 3.86. The molecule has 0 aliphatic carbocycles. The van der Waals surface area contributed by atoms with Crippen LogP contribution in [0.2, 0.25) is 0 Å². The minimum Gasteiger partial charge on any atom is -0.491 e. The van der Waals surface area contributed by atoms with Gasteiger partial charge in [-0.1, -0.05) is 30.3 Å². The number of likely N-dealkylation sites (tertiary alicyclic amines) is 1. The second kappa shape index (κ2) is 7.54. The number of aryl methyl sites for hydroxylation is 1. The first-order chi connectivity index (χ1) is 13.8. The molecule has 2 heterocycles. The maximum atomic E-state index is 12.6. The van der Waals surface area contributed by atoms with Crippen molar-refractivity contribution in [2.75, 3.05) is 13.2 Å². The van der Waals surface area contributed by atoms with E-state index >= 15 is 0 Å². The number of ether oxygens (including phenoxy) is 1. The fourth-order valence-corrected chi connectivity index (χ4v) is 4.13. The molecule has 5 heteroatoms. The molecule has 5 nitrogen and oxygen atoms in total. The van der Waals surface area contributed by atoms with Gasteiger partial charge >= 0.3 is 0 Å². The van der Waals surface area contributed by atoms with Crippen molar-refractivity contribution in [1.82, 2.24) is 14.5 Å². The van der Waals surface area contributed by atoms with E-state index in [9.17, 15) is 4.79 Å². The van der Waals surface area contributed by atoms with Gasteiger partial charge in [-0.2, -0.15) is 0 Å². The maximum Gasteiger partial charge on any atom is 0.223 e. The SMILES string of the molecule is Cc1ccccc1OCCn1c([C@@H]2CC(=O)N(C(C)(C)C)C2)nc2ccccc21. The summed E-state index contributed by atoms with van der Waals surface area (Å²) in [4.78, 5) is 19.5. The van der Waals surface area contributed by atoms with E-state index < -0.39 is 0 Å². The number of amides is 1. The average molecular weight is 392 g/mol. The number of hydrogen-bond donors (Lipinski definition) is 0. The number of benzene rings is 2. The lowest BCUT2D eigenvalue weighted by Gasteiger charge is -2.32. The topological polar surface area (TPSA) is 47.4 Å². The minimum absolute atomic E-state index is 0.104. The summed E-state index contributed by atoms with van der Waals surface area (Å²) in [7, 11) is 0. The van der Waals surface area contributed by atoms with Crippen molar-refractivity contribution in [1.29, 1.82) is 0 Å². The third-order valence-corrected chi connectivity index (χ3v) is 5.65. The molecular formula is C24H29N3O2. The molecule has 1 aliphatic rings. The van der Waals surface area contributed by atoms with E-state index in [-0.39, 0.29) is 17.4 Å². The molecule has 0 spiro atoms. The van der Waals surface area contributed by atoms with Gasteiger partial charge in [0, 0.05) is 24.4 Å². The van der Waals surface area contributed by atoms with Crippen LogP contribution in [-0.2, 0) is 11.3 Å². The van der Waals surface area contributed by atoms with Crippen molar-refractivity contribution < 1.29 is 9.53 Å². The summed E-state index contributed by atoms with van der Waals surface area (Å²) in [6.45, 7) is 10.3. The van der Waals surface area contributed by atoms with Crippen LogP contribution in [0.4, 0.5) is 0 Å². The lowest BCUT2D eigenvalue weighted by Crippen LogP contribution is -2.42. The Bertz CT molecular complexity index is 1030. The first kappa shape index (κ1) is 19.5. The predicted octanol–water partition coefficient (Wildman–Crippen LogP) is 4.54. The molecule has 1 aromatic heterocycles. The summed E-state index contributed by atoms with van der Waals surface area (Å²) < 4.78 is 8.28. The van der Waals surface area contributed by atoms with E-state index in [0.717, 1.165) is 28.2 Å². The first-order valence-electron chi connectivity index (χ1n) is 10.3. The fraction of sp³-hybridized carbons (Fsp3) is 0.417. The second-order valence-electron chi connectivity index (χ2n) is 8.80. The van der Waals surface area contributed by atoms with Crippen LogP contribution in [0.5, 0.6) is 5.75 Å². The van der Waals surface area contributed by atoms with Gasteiger partial charge in [-0.15, -0.1) is 0 Å². The normalized spacial score (nSPS) is 17.3. The Morgan fingerprint density at radius 1 is 1.10 bits per heavy atom. The highest BCUT2D eigenvalue weighted by molar-refractivity contribution is 5.81. The van der Waals surface area contributed by atoms with E-state index in [4.69, 9.17) is 9.72 Å². The Morgan fingerprint density at radius 3 is 2.55 bits per heavy atom. The smallest absolute Gasteiger partial charge is 0.223 e. The summed E-state index contributed by atoms with van der Waals surface area (Å²) in [6, 6.07) is 16.2. The molecule has 0 saturated carbocycles. The van der Waals surface area contributed by atoms with Crippen LogP contribution in [-0.4, -0.2) is 39.0 Å². The summed E-state index contributed by atoms with van der Waals surface area (Å²) in [6.07, 6.45) is 0.513. The Balaban J connectivity index is 1.60. The predicted molar refractivity (Wildman–Crippen MR) is 115 cm³/mol. The number of carbonyl (C=O) groups is 1. The van der Waals surface area contributed by atoms with Crippen molar-refractivity contribution in [2.24, 2.45) is 0 Å². The van der Waals surface area contributed by atoms with Gasteiger partial charge in [0.05, 0.1) is 17.6 Å². The van der Waals surface area contributed by atoms with Crippen molar-refractivity contribution >= 4 is 16.9 Å². The van der Waals surface area contributed by atoms with Gasteiger partial charge in [0.25, 0.3) is 0 Å². The third-order valence-electron chi connectivity index (χ3n) is 5.65. The number of fused-ring (bicyclic) bond motifs is 1. The van der Waals surface area contributed by atoms with Crippen LogP contribution in [0.15, 0.2) is 48.5 Å². The Morgan fingerprint density at radius 2 is 1.83 bits per heavy atom. The summed E-state index contributed by atoms with van der Waals surface area (Å²) >= 11 is 0. The highest BCUT2D eigenvalue weighted by Crippen LogP contribution is 2.33. The van der Waals surface area contributed by atoms with Crippen LogP contribution in [0.1, 0.15) is 44.5 Å². The van der Waals surface area contributed by atoms with Gasteiger partial charge in [-0.25, -0.2) is 4.98 Å². The molecule has 0 N–H and O–H groups in total. The number of imidazole rings is 1. The number of rotatable bonds is 5. The molecule has 1 saturated heterocycles. The van der Waals surface area contributed by atoms with Crippen LogP contribution < -0.4 is 4.74 Å². The molecule has 3 aromatic rings. The molecule has 1 fully saturated rings. The summed E-state index contributed by atoms with van der Waals surface area (Å²) in [5.74, 6) is 2.21. The monoisotopic (exact) mass is 391 g/mol.